The van der Waals surface area contributed by atoms with E-state index in [1.165, 1.54) is 18.7 Å². The van der Waals surface area contributed by atoms with E-state index < -0.39 is 24.0 Å². The van der Waals surface area contributed by atoms with Crippen molar-refractivity contribution in [3.63, 3.8) is 0 Å². The van der Waals surface area contributed by atoms with E-state index in [0.29, 0.717) is 12.8 Å². The summed E-state index contributed by atoms with van der Waals surface area (Å²) >= 11 is 1.29. The molecule has 6 nitrogen and oxygen atoms in total. The third kappa shape index (κ3) is 9.71. The lowest BCUT2D eigenvalue weighted by molar-refractivity contribution is -0.140. The van der Waals surface area contributed by atoms with Crippen LogP contribution in [0.25, 0.3) is 0 Å². The first-order chi connectivity index (χ1) is 9.92. The van der Waals surface area contributed by atoms with Crippen molar-refractivity contribution in [1.29, 1.82) is 0 Å². The van der Waals surface area contributed by atoms with Gasteiger partial charge in [0, 0.05) is 24.5 Å². The minimum absolute atomic E-state index is 0.0552. The molecule has 0 aliphatic heterocycles. The van der Waals surface area contributed by atoms with Crippen molar-refractivity contribution >= 4 is 23.6 Å². The molecule has 0 aromatic heterocycles. The number of hydrogen-bond donors (Lipinski definition) is 4. The molecule has 21 heavy (non-hydrogen) atoms. The van der Waals surface area contributed by atoms with E-state index in [9.17, 15) is 14.7 Å². The van der Waals surface area contributed by atoms with Crippen LogP contribution in [0.3, 0.4) is 0 Å². The van der Waals surface area contributed by atoms with E-state index in [-0.39, 0.29) is 17.6 Å². The van der Waals surface area contributed by atoms with Gasteiger partial charge < -0.3 is 20.6 Å². The number of aliphatic carboxylic acids is 1. The standard InChI is InChI=1S/C14H27NO5S/c1-3-4-5-6-12(18)13(7-8-16)21-9-11(14(19)20)15-10(2)17/h11-13,16,18H,3-9H2,1-2H3,(H,15,17)(H,19,20). The third-order valence-electron chi connectivity index (χ3n) is 3.10. The monoisotopic (exact) mass is 321 g/mol. The minimum atomic E-state index is -1.10. The fourth-order valence-corrected chi connectivity index (χ4v) is 3.24. The van der Waals surface area contributed by atoms with Gasteiger partial charge in [-0.25, -0.2) is 4.79 Å². The zero-order valence-electron chi connectivity index (χ0n) is 12.7. The molecule has 0 heterocycles. The number of carbonyl (C=O) groups excluding carboxylic acids is 1. The van der Waals surface area contributed by atoms with Gasteiger partial charge in [0.25, 0.3) is 0 Å². The lowest BCUT2D eigenvalue weighted by Crippen LogP contribution is -2.42. The molecule has 0 rings (SSSR count). The molecular weight excluding hydrogens is 294 g/mol. The molecule has 0 saturated heterocycles. The topological polar surface area (TPSA) is 107 Å². The van der Waals surface area contributed by atoms with Crippen molar-refractivity contribution in [2.75, 3.05) is 12.4 Å². The summed E-state index contributed by atoms with van der Waals surface area (Å²) in [6.45, 7) is 3.29. The highest BCUT2D eigenvalue weighted by atomic mass is 32.2. The average Bonchev–Trinajstić information content (AvgIpc) is 2.41. The number of aliphatic hydroxyl groups is 2. The Kier molecular flexibility index (Phi) is 11.4. The number of unbranched alkanes of at least 4 members (excludes halogenated alkanes) is 2. The Morgan fingerprint density at radius 3 is 2.38 bits per heavy atom. The lowest BCUT2D eigenvalue weighted by atomic mass is 10.1. The summed E-state index contributed by atoms with van der Waals surface area (Å²) in [6, 6.07) is -0.975. The maximum atomic E-state index is 11.0. The molecule has 3 unspecified atom stereocenters. The summed E-state index contributed by atoms with van der Waals surface area (Å²) in [5.74, 6) is -1.32. The number of thioether (sulfide) groups is 1. The molecule has 0 aromatic carbocycles. The molecule has 7 heteroatoms. The van der Waals surface area contributed by atoms with Gasteiger partial charge in [0.1, 0.15) is 6.04 Å². The summed E-state index contributed by atoms with van der Waals surface area (Å²) < 4.78 is 0. The van der Waals surface area contributed by atoms with E-state index >= 15 is 0 Å². The van der Waals surface area contributed by atoms with Crippen LogP contribution in [0.4, 0.5) is 0 Å². The molecule has 0 aromatic rings. The number of carboxylic acid groups (broad SMARTS) is 1. The Labute approximate surface area is 130 Å². The molecule has 124 valence electrons. The number of carboxylic acids is 1. The van der Waals surface area contributed by atoms with Crippen LogP contribution in [0.1, 0.15) is 46.0 Å². The Balaban J connectivity index is 4.39. The minimum Gasteiger partial charge on any atom is -0.480 e. The SMILES string of the molecule is CCCCCC(O)C(CCO)SCC(NC(C)=O)C(=O)O. The molecule has 1 amide bonds. The number of nitrogens with one attached hydrogen (secondary N) is 1. The molecular formula is C14H27NO5S. The first-order valence-electron chi connectivity index (χ1n) is 7.32. The van der Waals surface area contributed by atoms with Gasteiger partial charge in [-0.15, -0.1) is 0 Å². The number of carbonyl (C=O) groups is 2. The van der Waals surface area contributed by atoms with Gasteiger partial charge in [-0.1, -0.05) is 26.2 Å². The van der Waals surface area contributed by atoms with Crippen LogP contribution < -0.4 is 5.32 Å². The fourth-order valence-electron chi connectivity index (χ4n) is 1.94. The van der Waals surface area contributed by atoms with Crippen LogP contribution in [0, 0.1) is 0 Å². The van der Waals surface area contributed by atoms with Crippen LogP contribution in [0.2, 0.25) is 0 Å². The molecule has 0 saturated carbocycles. The molecule has 0 spiro atoms. The summed E-state index contributed by atoms with van der Waals surface area (Å²) in [4.78, 5) is 22.0. The highest BCUT2D eigenvalue weighted by molar-refractivity contribution is 8.00. The van der Waals surface area contributed by atoms with Gasteiger partial charge in [0.15, 0.2) is 0 Å². The van der Waals surface area contributed by atoms with Crippen molar-refractivity contribution in [2.24, 2.45) is 0 Å². The van der Waals surface area contributed by atoms with Crippen LogP contribution in [-0.4, -0.2) is 57.0 Å². The smallest absolute Gasteiger partial charge is 0.327 e. The zero-order valence-corrected chi connectivity index (χ0v) is 13.6. The predicted molar refractivity (Wildman–Crippen MR) is 83.3 cm³/mol. The maximum Gasteiger partial charge on any atom is 0.327 e. The summed E-state index contributed by atoms with van der Waals surface area (Å²) in [7, 11) is 0. The van der Waals surface area contributed by atoms with Gasteiger partial charge in [-0.2, -0.15) is 11.8 Å². The van der Waals surface area contributed by atoms with Gasteiger partial charge in [0.2, 0.25) is 5.91 Å². The lowest BCUT2D eigenvalue weighted by Gasteiger charge is -2.23. The van der Waals surface area contributed by atoms with E-state index in [1.54, 1.807) is 0 Å². The zero-order chi connectivity index (χ0) is 16.3. The van der Waals surface area contributed by atoms with Gasteiger partial charge in [-0.3, -0.25) is 4.79 Å². The number of aliphatic hydroxyl groups excluding tert-OH is 2. The Hall–Kier alpha value is -0.790. The van der Waals surface area contributed by atoms with E-state index in [2.05, 4.69) is 12.2 Å². The van der Waals surface area contributed by atoms with Crippen LogP contribution in [0.5, 0.6) is 0 Å². The molecule has 4 N–H and O–H groups in total. The Morgan fingerprint density at radius 1 is 1.24 bits per heavy atom. The second-order valence-corrected chi connectivity index (χ2v) is 6.31. The number of rotatable bonds is 12. The van der Waals surface area contributed by atoms with Crippen molar-refractivity contribution in [2.45, 2.75) is 63.3 Å². The van der Waals surface area contributed by atoms with Gasteiger partial charge >= 0.3 is 5.97 Å². The molecule has 3 atom stereocenters. The highest BCUT2D eigenvalue weighted by Gasteiger charge is 2.24. The first-order valence-corrected chi connectivity index (χ1v) is 8.37. The number of hydrogen-bond acceptors (Lipinski definition) is 5. The van der Waals surface area contributed by atoms with E-state index in [0.717, 1.165) is 19.3 Å². The Morgan fingerprint density at radius 2 is 1.90 bits per heavy atom. The fraction of sp³-hybridized carbons (Fsp3) is 0.857. The normalized spacial score (nSPS) is 15.2. The molecule has 0 aliphatic rings. The van der Waals surface area contributed by atoms with Crippen LogP contribution in [0.15, 0.2) is 0 Å². The maximum absolute atomic E-state index is 11.0. The molecule has 0 aliphatic carbocycles. The summed E-state index contributed by atoms with van der Waals surface area (Å²) in [5, 5.41) is 30.4. The number of amides is 1. The highest BCUT2D eigenvalue weighted by Crippen LogP contribution is 2.23. The third-order valence-corrected chi connectivity index (χ3v) is 4.60. The van der Waals surface area contributed by atoms with Gasteiger partial charge in [0.05, 0.1) is 6.10 Å². The molecule has 0 fully saturated rings. The Bertz CT molecular complexity index is 314. The first kappa shape index (κ1) is 20.2. The average molecular weight is 321 g/mol. The second kappa shape index (κ2) is 11.8. The molecule has 0 radical (unpaired) electrons. The van der Waals surface area contributed by atoms with Crippen LogP contribution >= 0.6 is 11.8 Å². The van der Waals surface area contributed by atoms with Crippen LogP contribution in [-0.2, 0) is 9.59 Å². The quantitative estimate of drug-likeness (QED) is 0.400. The summed E-state index contributed by atoms with van der Waals surface area (Å²) in [5.41, 5.74) is 0. The van der Waals surface area contributed by atoms with E-state index in [4.69, 9.17) is 10.2 Å². The van der Waals surface area contributed by atoms with Gasteiger partial charge in [-0.05, 0) is 12.8 Å². The summed E-state index contributed by atoms with van der Waals surface area (Å²) in [6.07, 6.45) is 3.49. The van der Waals surface area contributed by atoms with Crippen molar-refractivity contribution in [1.82, 2.24) is 5.32 Å². The largest absolute Gasteiger partial charge is 0.480 e. The van der Waals surface area contributed by atoms with Crippen molar-refractivity contribution in [3.05, 3.63) is 0 Å². The van der Waals surface area contributed by atoms with Crippen molar-refractivity contribution in [3.8, 4) is 0 Å². The predicted octanol–water partition coefficient (Wildman–Crippen LogP) is 1.00. The van der Waals surface area contributed by atoms with E-state index in [1.807, 2.05) is 0 Å². The van der Waals surface area contributed by atoms with Crippen molar-refractivity contribution < 1.29 is 24.9 Å². The molecule has 0 bridgehead atoms. The second-order valence-electron chi connectivity index (χ2n) is 5.04.